The second-order valence-electron chi connectivity index (χ2n) is 7.44. The zero-order chi connectivity index (χ0) is 22.5. The molecule has 3 rings (SSSR count). The molecule has 0 aliphatic carbocycles. The third-order valence-corrected chi connectivity index (χ3v) is 5.07. The monoisotopic (exact) mass is 421 g/mol. The number of rotatable bonds is 8. The number of para-hydroxylation sites is 1. The van der Waals surface area contributed by atoms with Gasteiger partial charge >= 0.3 is 5.97 Å². The van der Waals surface area contributed by atoms with Crippen molar-refractivity contribution in [2.75, 3.05) is 11.4 Å². The molecule has 1 aliphatic rings. The third-order valence-electron chi connectivity index (χ3n) is 5.07. The summed E-state index contributed by atoms with van der Waals surface area (Å²) in [6.07, 6.45) is -0.604. The number of aliphatic imine (C=N–C) groups is 1. The number of anilines is 1. The lowest BCUT2D eigenvalue weighted by atomic mass is 9.96. The van der Waals surface area contributed by atoms with E-state index in [2.05, 4.69) is 4.99 Å². The highest BCUT2D eigenvalue weighted by atomic mass is 16.4. The van der Waals surface area contributed by atoms with E-state index in [9.17, 15) is 19.2 Å². The van der Waals surface area contributed by atoms with E-state index in [1.165, 1.54) is 11.8 Å². The number of primary amides is 1. The minimum absolute atomic E-state index is 0.271. The van der Waals surface area contributed by atoms with Gasteiger partial charge in [0.1, 0.15) is 18.4 Å². The van der Waals surface area contributed by atoms with Crippen LogP contribution in [0.1, 0.15) is 30.9 Å². The molecule has 0 fully saturated rings. The fourth-order valence-corrected chi connectivity index (χ4v) is 3.53. The standard InChI is InChI=1S/C23H23N3O5/c1-14(11-21(29)30)19(27)12-17-23(31)26(13-20(24)28)18-10-6-5-9-16(18)22(25-17)15-7-3-2-4-8-15/h2-10,14,17H,11-13H2,1H3,(H2,24,28)(H,29,30)/t14-,17?/m0/s1. The highest BCUT2D eigenvalue weighted by molar-refractivity contribution is 6.21. The van der Waals surface area contributed by atoms with E-state index >= 15 is 0 Å². The molecule has 3 N–H and O–H groups in total. The minimum atomic E-state index is -1.11. The summed E-state index contributed by atoms with van der Waals surface area (Å²) in [5, 5.41) is 8.98. The first-order chi connectivity index (χ1) is 14.8. The van der Waals surface area contributed by atoms with Crippen molar-refractivity contribution in [2.24, 2.45) is 16.6 Å². The van der Waals surface area contributed by atoms with Crippen LogP contribution in [-0.4, -0.2) is 47.0 Å². The summed E-state index contributed by atoms with van der Waals surface area (Å²) in [6, 6.07) is 15.1. The smallest absolute Gasteiger partial charge is 0.304 e. The van der Waals surface area contributed by atoms with Gasteiger partial charge < -0.3 is 15.7 Å². The van der Waals surface area contributed by atoms with Crippen LogP contribution in [0.15, 0.2) is 59.6 Å². The molecule has 0 aromatic heterocycles. The van der Waals surface area contributed by atoms with Gasteiger partial charge in [0.2, 0.25) is 5.91 Å². The number of amides is 2. The van der Waals surface area contributed by atoms with Crippen molar-refractivity contribution in [1.29, 1.82) is 0 Å². The van der Waals surface area contributed by atoms with Gasteiger partial charge in [-0.3, -0.25) is 24.2 Å². The second-order valence-corrected chi connectivity index (χ2v) is 7.44. The van der Waals surface area contributed by atoms with E-state index in [0.29, 0.717) is 17.0 Å². The molecule has 160 valence electrons. The lowest BCUT2D eigenvalue weighted by molar-refractivity contribution is -0.140. The summed E-state index contributed by atoms with van der Waals surface area (Å²) >= 11 is 0. The van der Waals surface area contributed by atoms with E-state index in [1.54, 1.807) is 24.3 Å². The Balaban J connectivity index is 2.09. The van der Waals surface area contributed by atoms with Crippen molar-refractivity contribution in [3.05, 3.63) is 65.7 Å². The Morgan fingerprint density at radius 3 is 2.39 bits per heavy atom. The Hall–Kier alpha value is -3.81. The van der Waals surface area contributed by atoms with Crippen LogP contribution in [0.3, 0.4) is 0 Å². The van der Waals surface area contributed by atoms with Crippen molar-refractivity contribution < 1.29 is 24.3 Å². The Morgan fingerprint density at radius 1 is 1.10 bits per heavy atom. The first-order valence-corrected chi connectivity index (χ1v) is 9.84. The maximum absolute atomic E-state index is 13.3. The molecule has 0 saturated carbocycles. The highest BCUT2D eigenvalue weighted by Gasteiger charge is 2.34. The number of hydrogen-bond acceptors (Lipinski definition) is 5. The Bertz CT molecular complexity index is 1050. The first kappa shape index (κ1) is 21.9. The SMILES string of the molecule is C[C@@H](CC(=O)O)C(=O)CC1N=C(c2ccccc2)c2ccccc2N(CC(N)=O)C1=O. The van der Waals surface area contributed by atoms with Gasteiger partial charge in [-0.25, -0.2) is 0 Å². The molecule has 2 amide bonds. The van der Waals surface area contributed by atoms with Gasteiger partial charge in [-0.15, -0.1) is 0 Å². The van der Waals surface area contributed by atoms with E-state index in [1.807, 2.05) is 30.3 Å². The third kappa shape index (κ3) is 5.03. The number of nitrogens with two attached hydrogens (primary N) is 1. The second kappa shape index (κ2) is 9.34. The number of carboxylic acids is 1. The number of carbonyl (C=O) groups is 4. The molecule has 31 heavy (non-hydrogen) atoms. The molecule has 0 saturated heterocycles. The van der Waals surface area contributed by atoms with Crippen LogP contribution < -0.4 is 10.6 Å². The number of aliphatic carboxylic acids is 1. The van der Waals surface area contributed by atoms with Crippen LogP contribution in [0, 0.1) is 5.92 Å². The summed E-state index contributed by atoms with van der Waals surface area (Å²) < 4.78 is 0. The van der Waals surface area contributed by atoms with E-state index < -0.39 is 29.7 Å². The van der Waals surface area contributed by atoms with Gasteiger partial charge in [0.25, 0.3) is 5.91 Å². The topological polar surface area (TPSA) is 130 Å². The van der Waals surface area contributed by atoms with Crippen LogP contribution in [0.5, 0.6) is 0 Å². The van der Waals surface area contributed by atoms with Gasteiger partial charge in [0.05, 0.1) is 17.8 Å². The average molecular weight is 421 g/mol. The van der Waals surface area contributed by atoms with Crippen LogP contribution in [-0.2, 0) is 19.2 Å². The maximum Gasteiger partial charge on any atom is 0.304 e. The van der Waals surface area contributed by atoms with E-state index in [4.69, 9.17) is 10.8 Å². The molecular formula is C23H23N3O5. The van der Waals surface area contributed by atoms with Gasteiger partial charge in [0.15, 0.2) is 0 Å². The number of nitrogens with zero attached hydrogens (tertiary/aromatic N) is 2. The van der Waals surface area contributed by atoms with E-state index in [0.717, 1.165) is 5.56 Å². The number of carboxylic acid groups (broad SMARTS) is 1. The zero-order valence-electron chi connectivity index (χ0n) is 17.0. The lowest BCUT2D eigenvalue weighted by Crippen LogP contribution is -2.44. The number of benzene rings is 2. The van der Waals surface area contributed by atoms with Crippen molar-refractivity contribution >= 4 is 35.0 Å². The van der Waals surface area contributed by atoms with Gasteiger partial charge in [-0.2, -0.15) is 0 Å². The predicted molar refractivity (Wildman–Crippen MR) is 115 cm³/mol. The van der Waals surface area contributed by atoms with Gasteiger partial charge in [-0.05, 0) is 6.07 Å². The molecule has 0 bridgehead atoms. The largest absolute Gasteiger partial charge is 0.481 e. The van der Waals surface area contributed by atoms with Crippen LogP contribution in [0.2, 0.25) is 0 Å². The molecule has 1 unspecified atom stereocenters. The summed E-state index contributed by atoms with van der Waals surface area (Å²) in [6.45, 7) is 1.15. The van der Waals surface area contributed by atoms with Gasteiger partial charge in [0, 0.05) is 23.5 Å². The summed E-state index contributed by atoms with van der Waals surface area (Å²) in [5.74, 6) is -3.48. The Labute approximate surface area is 179 Å². The fourth-order valence-electron chi connectivity index (χ4n) is 3.53. The van der Waals surface area contributed by atoms with E-state index in [-0.39, 0.29) is 25.2 Å². The molecule has 2 atom stereocenters. The number of fused-ring (bicyclic) bond motifs is 1. The molecule has 1 aliphatic heterocycles. The van der Waals surface area contributed by atoms with Gasteiger partial charge in [-0.1, -0.05) is 55.5 Å². The molecule has 2 aromatic rings. The van der Waals surface area contributed by atoms with Crippen molar-refractivity contribution in [3.63, 3.8) is 0 Å². The van der Waals surface area contributed by atoms with Crippen molar-refractivity contribution in [2.45, 2.75) is 25.8 Å². The molecular weight excluding hydrogens is 398 g/mol. The number of Topliss-reactive ketones (excluding diaryl/α,β-unsaturated/α-hetero) is 1. The van der Waals surface area contributed by atoms with Crippen LogP contribution in [0.25, 0.3) is 0 Å². The van der Waals surface area contributed by atoms with Crippen LogP contribution in [0.4, 0.5) is 5.69 Å². The Kier molecular flexibility index (Phi) is 6.59. The number of carbonyl (C=O) groups excluding carboxylic acids is 3. The number of ketones is 1. The average Bonchev–Trinajstić information content (AvgIpc) is 2.84. The molecule has 0 spiro atoms. The molecule has 1 heterocycles. The molecule has 8 nitrogen and oxygen atoms in total. The summed E-state index contributed by atoms with van der Waals surface area (Å²) in [7, 11) is 0. The number of benzodiazepines with no additional fused rings is 1. The fraction of sp³-hybridized carbons (Fsp3) is 0.261. The quantitative estimate of drug-likeness (QED) is 0.671. The predicted octanol–water partition coefficient (Wildman–Crippen LogP) is 1.79. The zero-order valence-corrected chi connectivity index (χ0v) is 17.0. The van der Waals surface area contributed by atoms with Crippen molar-refractivity contribution in [3.8, 4) is 0 Å². The first-order valence-electron chi connectivity index (χ1n) is 9.84. The molecule has 2 aromatic carbocycles. The summed E-state index contributed by atoms with van der Waals surface area (Å²) in [5.41, 5.74) is 7.76. The number of hydrogen-bond donors (Lipinski definition) is 2. The molecule has 0 radical (unpaired) electrons. The lowest BCUT2D eigenvalue weighted by Gasteiger charge is -2.24. The minimum Gasteiger partial charge on any atom is -0.481 e. The maximum atomic E-state index is 13.3. The molecule has 8 heteroatoms. The van der Waals surface area contributed by atoms with Crippen LogP contribution >= 0.6 is 0 Å². The van der Waals surface area contributed by atoms with Crippen molar-refractivity contribution in [1.82, 2.24) is 0 Å². The highest BCUT2D eigenvalue weighted by Crippen LogP contribution is 2.29. The normalized spacial score (nSPS) is 16.7. The Morgan fingerprint density at radius 2 is 1.74 bits per heavy atom. The summed E-state index contributed by atoms with van der Waals surface area (Å²) in [4.78, 5) is 54.6.